The van der Waals surface area contributed by atoms with Crippen molar-refractivity contribution in [2.24, 2.45) is 0 Å². The molecule has 2 rings (SSSR count). The third-order valence-electron chi connectivity index (χ3n) is 3.92. The molecular formula is C15H27N5. The average Bonchev–Trinajstić information content (AvgIpc) is 2.52. The van der Waals surface area contributed by atoms with Crippen molar-refractivity contribution < 1.29 is 0 Å². The van der Waals surface area contributed by atoms with Gasteiger partial charge in [-0.3, -0.25) is 4.90 Å². The Bertz CT molecular complexity index is 362. The summed E-state index contributed by atoms with van der Waals surface area (Å²) in [6.45, 7) is 11.0. The summed E-state index contributed by atoms with van der Waals surface area (Å²) < 4.78 is 0. The van der Waals surface area contributed by atoms with Crippen LogP contribution in [0, 0.1) is 0 Å². The van der Waals surface area contributed by atoms with Crippen LogP contribution in [0.25, 0.3) is 0 Å². The molecule has 0 saturated carbocycles. The van der Waals surface area contributed by atoms with Crippen LogP contribution in [0.3, 0.4) is 0 Å². The Balaban J connectivity index is 1.71. The Hall–Kier alpha value is -1.20. The second-order valence-corrected chi connectivity index (χ2v) is 5.48. The van der Waals surface area contributed by atoms with Crippen molar-refractivity contribution in [1.82, 2.24) is 20.2 Å². The van der Waals surface area contributed by atoms with E-state index in [0.29, 0.717) is 6.04 Å². The van der Waals surface area contributed by atoms with Gasteiger partial charge < -0.3 is 10.2 Å². The molecular weight excluding hydrogens is 250 g/mol. The second kappa shape index (κ2) is 8.17. The molecule has 0 bridgehead atoms. The number of aromatic nitrogens is 2. The third kappa shape index (κ3) is 4.42. The van der Waals surface area contributed by atoms with Crippen molar-refractivity contribution in [2.75, 3.05) is 44.2 Å². The number of nitrogens with zero attached hydrogens (tertiary/aromatic N) is 4. The standard InChI is InChI=1S/C15H27N5/c1-3-4-6-16-13-14(2)19-9-11-20(12-10-19)15-17-7-5-8-18-15/h5,7-8,14,16H,3-4,6,9-13H2,1-2H3. The van der Waals surface area contributed by atoms with Crippen LogP contribution in [0.4, 0.5) is 5.95 Å². The first kappa shape index (κ1) is 15.2. The Morgan fingerprint density at radius 3 is 2.55 bits per heavy atom. The molecule has 5 heteroatoms. The summed E-state index contributed by atoms with van der Waals surface area (Å²) in [6.07, 6.45) is 6.16. The maximum Gasteiger partial charge on any atom is 0.225 e. The van der Waals surface area contributed by atoms with Gasteiger partial charge in [0.2, 0.25) is 5.95 Å². The smallest absolute Gasteiger partial charge is 0.225 e. The summed E-state index contributed by atoms with van der Waals surface area (Å²) in [5.41, 5.74) is 0. The summed E-state index contributed by atoms with van der Waals surface area (Å²) in [4.78, 5) is 13.5. The second-order valence-electron chi connectivity index (χ2n) is 5.48. The monoisotopic (exact) mass is 277 g/mol. The van der Waals surface area contributed by atoms with Crippen LogP contribution >= 0.6 is 0 Å². The molecule has 0 aliphatic carbocycles. The maximum atomic E-state index is 4.33. The quantitative estimate of drug-likeness (QED) is 0.763. The first-order valence-corrected chi connectivity index (χ1v) is 7.78. The third-order valence-corrected chi connectivity index (χ3v) is 3.92. The van der Waals surface area contributed by atoms with Crippen molar-refractivity contribution in [3.05, 3.63) is 18.5 Å². The largest absolute Gasteiger partial charge is 0.338 e. The molecule has 1 aromatic rings. The number of rotatable bonds is 7. The zero-order chi connectivity index (χ0) is 14.2. The fourth-order valence-electron chi connectivity index (χ4n) is 2.56. The number of anilines is 1. The Labute approximate surface area is 122 Å². The topological polar surface area (TPSA) is 44.3 Å². The van der Waals surface area contributed by atoms with Crippen molar-refractivity contribution in [3.8, 4) is 0 Å². The van der Waals surface area contributed by atoms with Gasteiger partial charge in [-0.1, -0.05) is 13.3 Å². The van der Waals surface area contributed by atoms with E-state index in [-0.39, 0.29) is 0 Å². The normalized spacial score (nSPS) is 18.2. The molecule has 5 nitrogen and oxygen atoms in total. The Kier molecular flexibility index (Phi) is 6.21. The van der Waals surface area contributed by atoms with E-state index in [1.54, 1.807) is 0 Å². The van der Waals surface area contributed by atoms with Gasteiger partial charge in [0.05, 0.1) is 0 Å². The molecule has 1 aliphatic rings. The van der Waals surface area contributed by atoms with Gasteiger partial charge in [0, 0.05) is 51.2 Å². The molecule has 1 fully saturated rings. The molecule has 0 spiro atoms. The number of hydrogen-bond acceptors (Lipinski definition) is 5. The number of unbranched alkanes of at least 4 members (excludes halogenated alkanes) is 1. The van der Waals surface area contributed by atoms with E-state index >= 15 is 0 Å². The van der Waals surface area contributed by atoms with Crippen molar-refractivity contribution >= 4 is 5.95 Å². The molecule has 2 heterocycles. The lowest BCUT2D eigenvalue weighted by Crippen LogP contribution is -2.52. The molecule has 0 amide bonds. The fourth-order valence-corrected chi connectivity index (χ4v) is 2.56. The maximum absolute atomic E-state index is 4.33. The highest BCUT2D eigenvalue weighted by Crippen LogP contribution is 2.11. The van der Waals surface area contributed by atoms with Crippen LogP contribution in [0.5, 0.6) is 0 Å². The zero-order valence-corrected chi connectivity index (χ0v) is 12.8. The van der Waals surface area contributed by atoms with E-state index in [1.165, 1.54) is 12.8 Å². The van der Waals surface area contributed by atoms with Gasteiger partial charge in [-0.15, -0.1) is 0 Å². The molecule has 1 saturated heterocycles. The Morgan fingerprint density at radius 2 is 1.90 bits per heavy atom. The first-order valence-electron chi connectivity index (χ1n) is 7.78. The molecule has 1 unspecified atom stereocenters. The number of nitrogens with one attached hydrogen (secondary N) is 1. The number of piperazine rings is 1. The van der Waals surface area contributed by atoms with E-state index in [4.69, 9.17) is 0 Å². The molecule has 1 N–H and O–H groups in total. The molecule has 0 radical (unpaired) electrons. The van der Waals surface area contributed by atoms with Gasteiger partial charge in [0.1, 0.15) is 0 Å². The van der Waals surface area contributed by atoms with Gasteiger partial charge in [-0.05, 0) is 26.0 Å². The first-order chi connectivity index (χ1) is 9.81. The van der Waals surface area contributed by atoms with E-state index in [0.717, 1.165) is 45.2 Å². The SMILES string of the molecule is CCCCNCC(C)N1CCN(c2ncccn2)CC1. The van der Waals surface area contributed by atoms with Crippen LogP contribution in [0.15, 0.2) is 18.5 Å². The predicted octanol–water partition coefficient (Wildman–Crippen LogP) is 1.38. The lowest BCUT2D eigenvalue weighted by molar-refractivity contribution is 0.192. The van der Waals surface area contributed by atoms with Gasteiger partial charge in [-0.25, -0.2) is 9.97 Å². The van der Waals surface area contributed by atoms with Crippen molar-refractivity contribution in [3.63, 3.8) is 0 Å². The lowest BCUT2D eigenvalue weighted by atomic mass is 10.2. The van der Waals surface area contributed by atoms with Crippen LogP contribution in [0.2, 0.25) is 0 Å². The van der Waals surface area contributed by atoms with E-state index < -0.39 is 0 Å². The van der Waals surface area contributed by atoms with Crippen LogP contribution in [-0.4, -0.2) is 60.2 Å². The minimum atomic E-state index is 0.602. The molecule has 1 aliphatic heterocycles. The van der Waals surface area contributed by atoms with Crippen LogP contribution in [-0.2, 0) is 0 Å². The number of hydrogen-bond donors (Lipinski definition) is 1. The summed E-state index contributed by atoms with van der Waals surface area (Å²) in [5.74, 6) is 0.862. The van der Waals surface area contributed by atoms with Gasteiger partial charge in [0.15, 0.2) is 0 Å². The van der Waals surface area contributed by atoms with Gasteiger partial charge in [0.25, 0.3) is 0 Å². The highest BCUT2D eigenvalue weighted by Gasteiger charge is 2.21. The molecule has 1 atom stereocenters. The van der Waals surface area contributed by atoms with E-state index in [2.05, 4.69) is 38.9 Å². The molecule has 112 valence electrons. The lowest BCUT2D eigenvalue weighted by Gasteiger charge is -2.38. The van der Waals surface area contributed by atoms with E-state index in [9.17, 15) is 0 Å². The molecule has 1 aromatic heterocycles. The zero-order valence-electron chi connectivity index (χ0n) is 12.8. The minimum absolute atomic E-state index is 0.602. The fraction of sp³-hybridized carbons (Fsp3) is 0.733. The van der Waals surface area contributed by atoms with Crippen LogP contribution < -0.4 is 10.2 Å². The van der Waals surface area contributed by atoms with Gasteiger partial charge >= 0.3 is 0 Å². The van der Waals surface area contributed by atoms with Crippen molar-refractivity contribution in [1.29, 1.82) is 0 Å². The highest BCUT2D eigenvalue weighted by atomic mass is 15.3. The van der Waals surface area contributed by atoms with Crippen molar-refractivity contribution in [2.45, 2.75) is 32.7 Å². The summed E-state index contributed by atoms with van der Waals surface area (Å²) >= 11 is 0. The molecule has 0 aromatic carbocycles. The predicted molar refractivity (Wildman–Crippen MR) is 83.1 cm³/mol. The van der Waals surface area contributed by atoms with Crippen LogP contribution in [0.1, 0.15) is 26.7 Å². The minimum Gasteiger partial charge on any atom is -0.338 e. The highest BCUT2D eigenvalue weighted by molar-refractivity contribution is 5.29. The summed E-state index contributed by atoms with van der Waals surface area (Å²) in [5, 5.41) is 3.55. The average molecular weight is 277 g/mol. The van der Waals surface area contributed by atoms with Gasteiger partial charge in [-0.2, -0.15) is 0 Å². The molecule has 20 heavy (non-hydrogen) atoms. The summed E-state index contributed by atoms with van der Waals surface area (Å²) in [6, 6.07) is 2.47. The summed E-state index contributed by atoms with van der Waals surface area (Å²) in [7, 11) is 0. The Morgan fingerprint density at radius 1 is 1.20 bits per heavy atom. The van der Waals surface area contributed by atoms with E-state index in [1.807, 2.05) is 18.5 Å².